The Labute approximate surface area is 138 Å². The first-order valence-electron chi connectivity index (χ1n) is 9.66. The molecule has 0 amide bonds. The average Bonchev–Trinajstić information content (AvgIpc) is 2.85. The number of fused-ring (bicyclic) bond motifs is 5. The Bertz CT molecular complexity index is 472. The zero-order valence-electron chi connectivity index (χ0n) is 14.2. The Kier molecular flexibility index (Phi) is 3.67. The van der Waals surface area contributed by atoms with Crippen molar-refractivity contribution in [1.82, 2.24) is 0 Å². The Morgan fingerprint density at radius 2 is 1.61 bits per heavy atom. The maximum atomic E-state index is 10.5. The molecule has 0 heterocycles. The van der Waals surface area contributed by atoms with Gasteiger partial charge in [0.15, 0.2) is 0 Å². The van der Waals surface area contributed by atoms with Gasteiger partial charge in [0.05, 0.1) is 11.5 Å². The summed E-state index contributed by atoms with van der Waals surface area (Å²) < 4.78 is 0. The van der Waals surface area contributed by atoms with Crippen LogP contribution in [0.25, 0.3) is 0 Å². The van der Waals surface area contributed by atoms with Crippen LogP contribution in [-0.2, 0) is 0 Å². The van der Waals surface area contributed by atoms with E-state index in [1.54, 1.807) is 0 Å². The fraction of sp³-hybridized carbons (Fsp3) is 1.00. The largest absolute Gasteiger partial charge is 0.392 e. The summed E-state index contributed by atoms with van der Waals surface area (Å²) in [5, 5.41) is 40.9. The number of aliphatic hydroxyl groups is 4. The van der Waals surface area contributed by atoms with Crippen LogP contribution in [0.1, 0.15) is 71.1 Å². The van der Waals surface area contributed by atoms with Gasteiger partial charge >= 0.3 is 0 Å². The first-order valence-corrected chi connectivity index (χ1v) is 9.66. The molecule has 0 aliphatic heterocycles. The molecule has 132 valence electrons. The van der Waals surface area contributed by atoms with Gasteiger partial charge in [-0.2, -0.15) is 0 Å². The second-order valence-electron chi connectivity index (χ2n) is 9.21. The first kappa shape index (κ1) is 16.3. The fourth-order valence-electron chi connectivity index (χ4n) is 7.58. The normalized spacial score (nSPS) is 53.3. The van der Waals surface area contributed by atoms with Crippen LogP contribution >= 0.6 is 0 Å². The molecule has 4 saturated carbocycles. The number of hydrogen-bond acceptors (Lipinski definition) is 4. The molecule has 4 nitrogen and oxygen atoms in total. The summed E-state index contributed by atoms with van der Waals surface area (Å²) in [6.07, 6.45) is 9.71. The predicted molar refractivity (Wildman–Crippen MR) is 86.1 cm³/mol. The maximum Gasteiger partial charge on any atom is 0.284 e. The molecule has 4 fully saturated rings. The second kappa shape index (κ2) is 5.17. The molecule has 0 aromatic heterocycles. The summed E-state index contributed by atoms with van der Waals surface area (Å²) >= 11 is 0. The second-order valence-corrected chi connectivity index (χ2v) is 9.21. The average molecular weight is 324 g/mol. The van der Waals surface area contributed by atoms with E-state index < -0.39 is 17.5 Å². The molecule has 2 unspecified atom stereocenters. The molecule has 0 saturated heterocycles. The molecular weight excluding hydrogens is 292 g/mol. The van der Waals surface area contributed by atoms with Gasteiger partial charge in [0.2, 0.25) is 0 Å². The molecule has 4 aliphatic rings. The smallest absolute Gasteiger partial charge is 0.284 e. The standard InChI is InChI=1S/C19H32O4/c1-17-10-3-2-4-12(17)5-6-13-14(17)9-11-18(19(21,22)23)15(13)7-8-16(18)20/h12-16,20-23H,2-11H2,1H3/t12?,13-,14+,15+,16?,17+,18-/m1/s1. The van der Waals surface area contributed by atoms with Crippen molar-refractivity contribution in [2.24, 2.45) is 34.5 Å². The summed E-state index contributed by atoms with van der Waals surface area (Å²) in [6, 6.07) is 0. The quantitative estimate of drug-likeness (QED) is 0.558. The molecule has 23 heavy (non-hydrogen) atoms. The van der Waals surface area contributed by atoms with Crippen molar-refractivity contribution in [3.05, 3.63) is 0 Å². The molecule has 4 heteroatoms. The van der Waals surface area contributed by atoms with Crippen molar-refractivity contribution in [2.75, 3.05) is 0 Å². The monoisotopic (exact) mass is 324 g/mol. The third-order valence-corrected chi connectivity index (χ3v) is 8.68. The van der Waals surface area contributed by atoms with Crippen molar-refractivity contribution in [3.8, 4) is 0 Å². The van der Waals surface area contributed by atoms with Gasteiger partial charge in [-0.15, -0.1) is 0 Å². The molecule has 0 radical (unpaired) electrons. The molecule has 0 aromatic carbocycles. The van der Waals surface area contributed by atoms with Gasteiger partial charge in [-0.05, 0) is 80.5 Å². The van der Waals surface area contributed by atoms with Gasteiger partial charge in [0, 0.05) is 0 Å². The molecule has 7 atom stereocenters. The van der Waals surface area contributed by atoms with E-state index in [2.05, 4.69) is 6.92 Å². The third-order valence-electron chi connectivity index (χ3n) is 8.68. The van der Waals surface area contributed by atoms with E-state index in [0.29, 0.717) is 30.1 Å². The first-order chi connectivity index (χ1) is 10.8. The Hall–Kier alpha value is -0.160. The highest BCUT2D eigenvalue weighted by Gasteiger charge is 2.68. The van der Waals surface area contributed by atoms with Crippen LogP contribution in [0.3, 0.4) is 0 Å². The number of hydrogen-bond donors (Lipinski definition) is 4. The zero-order valence-corrected chi connectivity index (χ0v) is 14.2. The van der Waals surface area contributed by atoms with Crippen LogP contribution in [0.5, 0.6) is 0 Å². The minimum atomic E-state index is -2.76. The molecule has 0 spiro atoms. The van der Waals surface area contributed by atoms with E-state index in [1.165, 1.54) is 32.1 Å². The van der Waals surface area contributed by atoms with Crippen LogP contribution in [-0.4, -0.2) is 32.5 Å². The zero-order chi connectivity index (χ0) is 16.5. The number of rotatable bonds is 1. The topological polar surface area (TPSA) is 80.9 Å². The van der Waals surface area contributed by atoms with Gasteiger partial charge < -0.3 is 20.4 Å². The fourth-order valence-corrected chi connectivity index (χ4v) is 7.58. The van der Waals surface area contributed by atoms with Crippen molar-refractivity contribution in [2.45, 2.75) is 83.2 Å². The molecule has 4 rings (SSSR count). The number of aliphatic hydroxyl groups excluding tert-OH is 1. The lowest BCUT2D eigenvalue weighted by atomic mass is 9.44. The Morgan fingerprint density at radius 3 is 2.35 bits per heavy atom. The summed E-state index contributed by atoms with van der Waals surface area (Å²) in [5.74, 6) is -0.865. The summed E-state index contributed by atoms with van der Waals surface area (Å²) in [7, 11) is 0. The van der Waals surface area contributed by atoms with E-state index in [-0.39, 0.29) is 5.92 Å². The Morgan fingerprint density at radius 1 is 0.826 bits per heavy atom. The predicted octanol–water partition coefficient (Wildman–Crippen LogP) is 2.39. The van der Waals surface area contributed by atoms with Crippen LogP contribution in [0.15, 0.2) is 0 Å². The molecule has 0 aromatic rings. The van der Waals surface area contributed by atoms with Gasteiger partial charge in [0.25, 0.3) is 5.97 Å². The van der Waals surface area contributed by atoms with E-state index >= 15 is 0 Å². The third kappa shape index (κ3) is 2.04. The maximum absolute atomic E-state index is 10.5. The molecule has 4 aliphatic carbocycles. The van der Waals surface area contributed by atoms with Crippen LogP contribution in [0, 0.1) is 34.5 Å². The van der Waals surface area contributed by atoms with Gasteiger partial charge in [-0.1, -0.05) is 19.8 Å². The minimum Gasteiger partial charge on any atom is -0.392 e. The lowest BCUT2D eigenvalue weighted by Crippen LogP contribution is -2.62. The highest BCUT2D eigenvalue weighted by molar-refractivity contribution is 5.12. The van der Waals surface area contributed by atoms with E-state index in [1.807, 2.05) is 0 Å². The lowest BCUT2D eigenvalue weighted by Gasteiger charge is -2.61. The molecule has 0 bridgehead atoms. The van der Waals surface area contributed by atoms with E-state index in [0.717, 1.165) is 25.2 Å². The highest BCUT2D eigenvalue weighted by Crippen LogP contribution is 2.67. The lowest BCUT2D eigenvalue weighted by molar-refractivity contribution is -0.406. The van der Waals surface area contributed by atoms with E-state index in [9.17, 15) is 20.4 Å². The van der Waals surface area contributed by atoms with Gasteiger partial charge in [0.1, 0.15) is 0 Å². The van der Waals surface area contributed by atoms with Crippen LogP contribution in [0.4, 0.5) is 0 Å². The van der Waals surface area contributed by atoms with Gasteiger partial charge in [-0.3, -0.25) is 0 Å². The Balaban J connectivity index is 1.69. The van der Waals surface area contributed by atoms with Gasteiger partial charge in [-0.25, -0.2) is 0 Å². The molecular formula is C19H32O4. The minimum absolute atomic E-state index is 0.0379. The summed E-state index contributed by atoms with van der Waals surface area (Å²) in [5.41, 5.74) is -0.754. The summed E-state index contributed by atoms with van der Waals surface area (Å²) in [6.45, 7) is 2.47. The highest BCUT2D eigenvalue weighted by atomic mass is 16.7. The SMILES string of the molecule is C[C@]12CCCCC1CC[C@@H]1[C@@H]2CC[C@]2(C(O)(O)O)C(O)CC[C@@H]12. The molecule has 4 N–H and O–H groups in total. The van der Waals surface area contributed by atoms with Crippen LogP contribution < -0.4 is 0 Å². The van der Waals surface area contributed by atoms with Crippen molar-refractivity contribution < 1.29 is 20.4 Å². The summed E-state index contributed by atoms with van der Waals surface area (Å²) in [4.78, 5) is 0. The van der Waals surface area contributed by atoms with Crippen molar-refractivity contribution in [3.63, 3.8) is 0 Å². The van der Waals surface area contributed by atoms with E-state index in [4.69, 9.17) is 0 Å². The van der Waals surface area contributed by atoms with Crippen molar-refractivity contribution >= 4 is 0 Å². The van der Waals surface area contributed by atoms with Crippen molar-refractivity contribution in [1.29, 1.82) is 0 Å². The van der Waals surface area contributed by atoms with Crippen LogP contribution in [0.2, 0.25) is 0 Å².